The van der Waals surface area contributed by atoms with E-state index in [0.29, 0.717) is 24.0 Å². The van der Waals surface area contributed by atoms with Crippen LogP contribution in [0.1, 0.15) is 38.4 Å². The first kappa shape index (κ1) is 25.8. The van der Waals surface area contributed by atoms with Gasteiger partial charge in [-0.3, -0.25) is 4.99 Å². The Labute approximate surface area is 189 Å². The number of hydrogen-bond acceptors (Lipinski definition) is 4. The molecule has 1 heterocycles. The lowest BCUT2D eigenvalue weighted by atomic mass is 10.1. The van der Waals surface area contributed by atoms with Crippen LogP contribution in [0.2, 0.25) is 0 Å². The van der Waals surface area contributed by atoms with E-state index in [-0.39, 0.29) is 36.3 Å². The molecule has 2 rings (SSSR count). The Bertz CT molecular complexity index is 599. The average molecular weight is 526 g/mol. The summed E-state index contributed by atoms with van der Waals surface area (Å²) in [6.45, 7) is 6.44. The number of alkyl halides is 2. The number of rotatable bonds is 10. The van der Waals surface area contributed by atoms with Crippen molar-refractivity contribution < 1.29 is 18.6 Å². The molecule has 0 spiro atoms. The summed E-state index contributed by atoms with van der Waals surface area (Å²) < 4.78 is 28.7. The van der Waals surface area contributed by atoms with E-state index < -0.39 is 12.7 Å². The smallest absolute Gasteiger partial charge is 0.387 e. The average Bonchev–Trinajstić information content (AvgIpc) is 3.17. The number of halogens is 3. The fourth-order valence-corrected chi connectivity index (χ4v) is 3.24. The molecule has 0 radical (unpaired) electrons. The van der Waals surface area contributed by atoms with E-state index in [9.17, 15) is 13.9 Å². The normalized spacial score (nSPS) is 17.0. The van der Waals surface area contributed by atoms with Gasteiger partial charge in [0.05, 0.1) is 6.10 Å². The number of likely N-dealkylation sites (tertiary alicyclic amines) is 1. The summed E-state index contributed by atoms with van der Waals surface area (Å²) in [6, 6.07) is 5.99. The van der Waals surface area contributed by atoms with E-state index in [1.54, 1.807) is 12.1 Å². The SMILES string of the molecule is CCNC(=NCC(C)CN1CCCC1)NCC(O)c1ccc(OC(F)F)cc1.I. The van der Waals surface area contributed by atoms with E-state index in [0.717, 1.165) is 13.1 Å². The molecule has 3 N–H and O–H groups in total. The predicted molar refractivity (Wildman–Crippen MR) is 122 cm³/mol. The Morgan fingerprint density at radius 1 is 1.21 bits per heavy atom. The Kier molecular flexibility index (Phi) is 12.4. The van der Waals surface area contributed by atoms with E-state index in [1.807, 2.05) is 6.92 Å². The third kappa shape index (κ3) is 9.90. The van der Waals surface area contributed by atoms with Crippen LogP contribution >= 0.6 is 24.0 Å². The second-order valence-electron chi connectivity index (χ2n) is 7.18. The second kappa shape index (κ2) is 13.9. The van der Waals surface area contributed by atoms with Crippen molar-refractivity contribution in [3.05, 3.63) is 29.8 Å². The fraction of sp³-hybridized carbons (Fsp3) is 0.650. The molecular weight excluding hydrogens is 493 g/mol. The third-order valence-electron chi connectivity index (χ3n) is 4.63. The largest absolute Gasteiger partial charge is 0.435 e. The van der Waals surface area contributed by atoms with Crippen molar-refractivity contribution in [3.8, 4) is 5.75 Å². The number of nitrogens with one attached hydrogen (secondary N) is 2. The summed E-state index contributed by atoms with van der Waals surface area (Å²) in [5.41, 5.74) is 0.618. The first-order valence-electron chi connectivity index (χ1n) is 9.95. The molecule has 0 bridgehead atoms. The van der Waals surface area contributed by atoms with Gasteiger partial charge in [-0.1, -0.05) is 19.1 Å². The minimum atomic E-state index is -2.86. The highest BCUT2D eigenvalue weighted by Crippen LogP contribution is 2.19. The van der Waals surface area contributed by atoms with Crippen molar-refractivity contribution in [2.24, 2.45) is 10.9 Å². The maximum Gasteiger partial charge on any atom is 0.387 e. The van der Waals surface area contributed by atoms with Crippen LogP contribution in [0.25, 0.3) is 0 Å². The summed E-state index contributed by atoms with van der Waals surface area (Å²) in [7, 11) is 0. The highest BCUT2D eigenvalue weighted by Gasteiger charge is 2.15. The molecule has 9 heteroatoms. The topological polar surface area (TPSA) is 69.1 Å². The fourth-order valence-electron chi connectivity index (χ4n) is 3.24. The maximum atomic E-state index is 12.2. The predicted octanol–water partition coefficient (Wildman–Crippen LogP) is 3.23. The zero-order chi connectivity index (χ0) is 20.4. The molecule has 1 fully saturated rings. The van der Waals surface area contributed by atoms with Crippen LogP contribution in [0.4, 0.5) is 8.78 Å². The maximum absolute atomic E-state index is 12.2. The van der Waals surface area contributed by atoms with E-state index in [4.69, 9.17) is 0 Å². The van der Waals surface area contributed by atoms with Gasteiger partial charge in [0, 0.05) is 26.2 Å². The van der Waals surface area contributed by atoms with Gasteiger partial charge >= 0.3 is 6.61 Å². The quantitative estimate of drug-likeness (QED) is 0.248. The van der Waals surface area contributed by atoms with Crippen molar-refractivity contribution in [2.45, 2.75) is 39.4 Å². The van der Waals surface area contributed by atoms with Crippen LogP contribution in [0.5, 0.6) is 5.75 Å². The molecule has 0 saturated carbocycles. The lowest BCUT2D eigenvalue weighted by Crippen LogP contribution is -2.40. The summed E-state index contributed by atoms with van der Waals surface area (Å²) in [4.78, 5) is 7.10. The first-order chi connectivity index (χ1) is 13.5. The number of aliphatic hydroxyl groups is 1. The molecule has 1 aromatic rings. The lowest BCUT2D eigenvalue weighted by molar-refractivity contribution is -0.0498. The Morgan fingerprint density at radius 3 is 2.45 bits per heavy atom. The van der Waals surface area contributed by atoms with Crippen LogP contribution in [-0.4, -0.2) is 61.8 Å². The molecule has 166 valence electrons. The van der Waals surface area contributed by atoms with Crippen LogP contribution in [0, 0.1) is 5.92 Å². The van der Waals surface area contributed by atoms with Crippen molar-refractivity contribution >= 4 is 29.9 Å². The number of aliphatic hydroxyl groups excluding tert-OH is 1. The molecule has 0 aromatic heterocycles. The molecule has 2 unspecified atom stereocenters. The molecule has 29 heavy (non-hydrogen) atoms. The number of aliphatic imine (C=N–C) groups is 1. The van der Waals surface area contributed by atoms with Crippen LogP contribution < -0.4 is 15.4 Å². The van der Waals surface area contributed by atoms with Gasteiger partial charge in [-0.15, -0.1) is 24.0 Å². The minimum absolute atomic E-state index is 0. The number of guanidine groups is 1. The van der Waals surface area contributed by atoms with E-state index in [1.165, 1.54) is 38.1 Å². The molecular formula is C20H33F2IN4O2. The van der Waals surface area contributed by atoms with Crippen molar-refractivity contribution in [2.75, 3.05) is 39.3 Å². The van der Waals surface area contributed by atoms with E-state index in [2.05, 4.69) is 32.2 Å². The Morgan fingerprint density at radius 2 is 1.86 bits per heavy atom. The van der Waals surface area contributed by atoms with Gasteiger partial charge in [0.2, 0.25) is 0 Å². The summed E-state index contributed by atoms with van der Waals surface area (Å²) in [6.07, 6.45) is 1.78. The van der Waals surface area contributed by atoms with Crippen molar-refractivity contribution in [1.82, 2.24) is 15.5 Å². The van der Waals surface area contributed by atoms with Crippen LogP contribution in [0.15, 0.2) is 29.3 Å². The molecule has 0 amide bonds. The molecule has 1 aliphatic heterocycles. The lowest BCUT2D eigenvalue weighted by Gasteiger charge is -2.20. The molecule has 6 nitrogen and oxygen atoms in total. The summed E-state index contributed by atoms with van der Waals surface area (Å²) in [5.74, 6) is 1.19. The molecule has 1 aliphatic rings. The van der Waals surface area contributed by atoms with Gasteiger partial charge in [0.15, 0.2) is 5.96 Å². The number of benzene rings is 1. The highest BCUT2D eigenvalue weighted by atomic mass is 127. The molecule has 1 aromatic carbocycles. The third-order valence-corrected chi connectivity index (χ3v) is 4.63. The molecule has 2 atom stereocenters. The molecule has 1 saturated heterocycles. The summed E-state index contributed by atoms with van der Waals surface area (Å²) >= 11 is 0. The minimum Gasteiger partial charge on any atom is -0.435 e. The van der Waals surface area contributed by atoms with Gasteiger partial charge in [-0.25, -0.2) is 0 Å². The van der Waals surface area contributed by atoms with Crippen LogP contribution in [-0.2, 0) is 0 Å². The number of ether oxygens (including phenoxy) is 1. The summed E-state index contributed by atoms with van der Waals surface area (Å²) in [5, 5.41) is 16.7. The zero-order valence-electron chi connectivity index (χ0n) is 17.1. The van der Waals surface area contributed by atoms with Gasteiger partial charge in [-0.05, 0) is 56.5 Å². The van der Waals surface area contributed by atoms with Gasteiger partial charge in [0.1, 0.15) is 5.75 Å². The highest BCUT2D eigenvalue weighted by molar-refractivity contribution is 14.0. The van der Waals surface area contributed by atoms with Crippen molar-refractivity contribution in [3.63, 3.8) is 0 Å². The second-order valence-corrected chi connectivity index (χ2v) is 7.18. The monoisotopic (exact) mass is 526 g/mol. The standard InChI is InChI=1S/C20H32F2N4O2.HI/c1-3-23-20(24-12-15(2)14-26-10-4-5-11-26)25-13-18(27)16-6-8-17(9-7-16)28-19(21)22;/h6-9,15,18-19,27H,3-5,10-14H2,1-2H3,(H2,23,24,25);1H. The Hall–Kier alpha value is -1.20. The van der Waals surface area contributed by atoms with E-state index >= 15 is 0 Å². The zero-order valence-corrected chi connectivity index (χ0v) is 19.4. The number of hydrogen-bond donors (Lipinski definition) is 3. The van der Waals surface area contributed by atoms with Crippen molar-refractivity contribution in [1.29, 1.82) is 0 Å². The Balaban J connectivity index is 0.00000420. The van der Waals surface area contributed by atoms with Gasteiger partial charge in [-0.2, -0.15) is 8.78 Å². The first-order valence-corrected chi connectivity index (χ1v) is 9.95. The number of nitrogens with zero attached hydrogens (tertiary/aromatic N) is 2. The van der Waals surface area contributed by atoms with Gasteiger partial charge in [0.25, 0.3) is 0 Å². The van der Waals surface area contributed by atoms with Crippen LogP contribution in [0.3, 0.4) is 0 Å². The molecule has 0 aliphatic carbocycles. The van der Waals surface area contributed by atoms with Gasteiger partial charge < -0.3 is 25.4 Å².